The highest BCUT2D eigenvalue weighted by molar-refractivity contribution is 7.80. The lowest BCUT2D eigenvalue weighted by atomic mass is 10.0. The van der Waals surface area contributed by atoms with E-state index in [0.29, 0.717) is 17.1 Å². The lowest BCUT2D eigenvalue weighted by molar-refractivity contribution is 0.505. The van der Waals surface area contributed by atoms with Crippen LogP contribution in [0.15, 0.2) is 12.2 Å². The van der Waals surface area contributed by atoms with Crippen molar-refractivity contribution in [1.82, 2.24) is 10.6 Å². The molecule has 2 aliphatic rings. The standard InChI is InChI=1S/C13H18N2S/c1-4-13(2,3)15-12(16)14-11-8-9-5-6-10(11)7-9/h1,5-6,9-11H,7-8H2,2-3H3,(H2,14,15,16)/t9-,10-,11+/m1/s1. The van der Waals surface area contributed by atoms with E-state index in [1.807, 2.05) is 13.8 Å². The number of allylic oxidation sites excluding steroid dienone is 1. The van der Waals surface area contributed by atoms with Crippen LogP contribution in [0.3, 0.4) is 0 Å². The largest absolute Gasteiger partial charge is 0.359 e. The van der Waals surface area contributed by atoms with Crippen LogP contribution in [-0.4, -0.2) is 16.7 Å². The first-order valence-electron chi connectivity index (χ1n) is 5.75. The van der Waals surface area contributed by atoms with Gasteiger partial charge in [-0.3, -0.25) is 0 Å². The van der Waals surface area contributed by atoms with Crippen LogP contribution < -0.4 is 10.6 Å². The van der Waals surface area contributed by atoms with Gasteiger partial charge in [0.05, 0.1) is 5.54 Å². The molecule has 86 valence electrons. The third-order valence-corrected chi connectivity index (χ3v) is 3.60. The third kappa shape index (κ3) is 2.38. The summed E-state index contributed by atoms with van der Waals surface area (Å²) < 4.78 is 0. The molecule has 0 spiro atoms. The molecule has 3 heteroatoms. The molecule has 1 saturated carbocycles. The van der Waals surface area contributed by atoms with Gasteiger partial charge in [0.25, 0.3) is 0 Å². The van der Waals surface area contributed by atoms with Gasteiger partial charge in [0, 0.05) is 6.04 Å². The topological polar surface area (TPSA) is 24.1 Å². The highest BCUT2D eigenvalue weighted by atomic mass is 32.1. The summed E-state index contributed by atoms with van der Waals surface area (Å²) in [5.74, 6) is 4.09. The number of hydrogen-bond acceptors (Lipinski definition) is 1. The second kappa shape index (κ2) is 4.10. The Hall–Kier alpha value is -1.01. The van der Waals surface area contributed by atoms with Gasteiger partial charge in [0.15, 0.2) is 5.11 Å². The molecule has 0 aromatic rings. The molecular formula is C13H18N2S. The van der Waals surface area contributed by atoms with Crippen molar-refractivity contribution in [3.63, 3.8) is 0 Å². The van der Waals surface area contributed by atoms with Crippen LogP contribution >= 0.6 is 12.2 Å². The van der Waals surface area contributed by atoms with E-state index >= 15 is 0 Å². The predicted octanol–water partition coefficient (Wildman–Crippen LogP) is 1.83. The van der Waals surface area contributed by atoms with Crippen molar-refractivity contribution in [2.75, 3.05) is 0 Å². The van der Waals surface area contributed by atoms with E-state index in [1.54, 1.807) is 0 Å². The summed E-state index contributed by atoms with van der Waals surface area (Å²) in [4.78, 5) is 0. The average Bonchev–Trinajstić information content (AvgIpc) is 2.78. The molecule has 1 fully saturated rings. The Morgan fingerprint density at radius 3 is 2.69 bits per heavy atom. The van der Waals surface area contributed by atoms with Crippen molar-refractivity contribution in [2.24, 2.45) is 11.8 Å². The maximum absolute atomic E-state index is 5.41. The summed E-state index contributed by atoms with van der Waals surface area (Å²) in [7, 11) is 0. The fourth-order valence-electron chi connectivity index (χ4n) is 2.47. The highest BCUT2D eigenvalue weighted by Crippen LogP contribution is 2.38. The molecule has 3 atom stereocenters. The van der Waals surface area contributed by atoms with E-state index in [0.717, 1.165) is 5.92 Å². The Kier molecular flexibility index (Phi) is 2.94. The molecule has 2 rings (SSSR count). The lowest BCUT2D eigenvalue weighted by Gasteiger charge is -2.26. The Morgan fingerprint density at radius 2 is 2.19 bits per heavy atom. The minimum atomic E-state index is -0.377. The number of rotatable bonds is 2. The number of hydrogen-bond donors (Lipinski definition) is 2. The Balaban J connectivity index is 1.85. The van der Waals surface area contributed by atoms with E-state index < -0.39 is 0 Å². The van der Waals surface area contributed by atoms with Crippen LogP contribution in [0.2, 0.25) is 0 Å². The molecule has 0 aromatic carbocycles. The second-order valence-electron chi connectivity index (χ2n) is 5.25. The molecule has 2 nitrogen and oxygen atoms in total. The van der Waals surface area contributed by atoms with E-state index in [2.05, 4.69) is 28.7 Å². The SMILES string of the molecule is C#CC(C)(C)NC(=S)N[C@H]1C[C@@H]2C=C[C@@H]1C2. The number of terminal acetylenes is 1. The minimum absolute atomic E-state index is 0.377. The molecular weight excluding hydrogens is 216 g/mol. The minimum Gasteiger partial charge on any atom is -0.359 e. The van der Waals surface area contributed by atoms with Gasteiger partial charge in [-0.05, 0) is 50.7 Å². The third-order valence-electron chi connectivity index (χ3n) is 3.38. The molecule has 0 heterocycles. The van der Waals surface area contributed by atoms with Crippen molar-refractivity contribution >= 4 is 17.3 Å². The second-order valence-corrected chi connectivity index (χ2v) is 5.66. The molecule has 16 heavy (non-hydrogen) atoms. The van der Waals surface area contributed by atoms with E-state index in [1.165, 1.54) is 12.8 Å². The number of fused-ring (bicyclic) bond motifs is 2. The zero-order valence-electron chi connectivity index (χ0n) is 9.79. The first-order chi connectivity index (χ1) is 7.50. The molecule has 0 radical (unpaired) electrons. The van der Waals surface area contributed by atoms with Crippen LogP contribution in [0, 0.1) is 24.2 Å². The van der Waals surface area contributed by atoms with E-state index in [4.69, 9.17) is 18.6 Å². The van der Waals surface area contributed by atoms with Crippen molar-refractivity contribution in [3.8, 4) is 12.3 Å². The maximum Gasteiger partial charge on any atom is 0.167 e. The first-order valence-corrected chi connectivity index (χ1v) is 6.16. The maximum atomic E-state index is 5.41. The van der Waals surface area contributed by atoms with Crippen LogP contribution in [0.5, 0.6) is 0 Å². The van der Waals surface area contributed by atoms with Crippen LogP contribution in [0.25, 0.3) is 0 Å². The van der Waals surface area contributed by atoms with Gasteiger partial charge in [-0.1, -0.05) is 18.1 Å². The summed E-state index contributed by atoms with van der Waals surface area (Å²) in [5.41, 5.74) is -0.377. The van der Waals surface area contributed by atoms with Crippen molar-refractivity contribution < 1.29 is 0 Å². The average molecular weight is 234 g/mol. The zero-order chi connectivity index (χ0) is 11.8. The quantitative estimate of drug-likeness (QED) is 0.433. The fraction of sp³-hybridized carbons (Fsp3) is 0.615. The molecule has 2 aliphatic carbocycles. The van der Waals surface area contributed by atoms with Gasteiger partial charge in [0.1, 0.15) is 0 Å². The van der Waals surface area contributed by atoms with Gasteiger partial charge < -0.3 is 10.6 Å². The van der Waals surface area contributed by atoms with Gasteiger partial charge in [-0.15, -0.1) is 6.42 Å². The molecule has 0 unspecified atom stereocenters. The van der Waals surface area contributed by atoms with Gasteiger partial charge >= 0.3 is 0 Å². The molecule has 2 N–H and O–H groups in total. The van der Waals surface area contributed by atoms with Crippen LogP contribution in [-0.2, 0) is 0 Å². The Labute approximate surface area is 103 Å². The summed E-state index contributed by atoms with van der Waals surface area (Å²) in [6.45, 7) is 3.89. The zero-order valence-corrected chi connectivity index (χ0v) is 10.6. The monoisotopic (exact) mass is 234 g/mol. The Bertz CT molecular complexity index is 365. The molecule has 2 bridgehead atoms. The van der Waals surface area contributed by atoms with Gasteiger partial charge in [0.2, 0.25) is 0 Å². The summed E-state index contributed by atoms with van der Waals surface area (Å²) >= 11 is 5.28. The Morgan fingerprint density at radius 1 is 1.44 bits per heavy atom. The van der Waals surface area contributed by atoms with Crippen LogP contribution in [0.4, 0.5) is 0 Å². The first kappa shape index (κ1) is 11.5. The highest BCUT2D eigenvalue weighted by Gasteiger charge is 2.36. The number of thiocarbonyl (C=S) groups is 1. The van der Waals surface area contributed by atoms with Gasteiger partial charge in [-0.2, -0.15) is 0 Å². The predicted molar refractivity (Wildman–Crippen MR) is 70.9 cm³/mol. The van der Waals surface area contributed by atoms with Crippen LogP contribution in [0.1, 0.15) is 26.7 Å². The molecule has 0 aromatic heterocycles. The van der Waals surface area contributed by atoms with E-state index in [-0.39, 0.29) is 5.54 Å². The summed E-state index contributed by atoms with van der Waals surface area (Å²) in [6.07, 6.45) is 12.5. The van der Waals surface area contributed by atoms with E-state index in [9.17, 15) is 0 Å². The molecule has 0 aliphatic heterocycles. The lowest BCUT2D eigenvalue weighted by Crippen LogP contribution is -2.51. The normalized spacial score (nSPS) is 31.2. The summed E-state index contributed by atoms with van der Waals surface area (Å²) in [6, 6.07) is 0.489. The fourth-order valence-corrected chi connectivity index (χ4v) is 2.88. The smallest absolute Gasteiger partial charge is 0.167 e. The van der Waals surface area contributed by atoms with Gasteiger partial charge in [-0.25, -0.2) is 0 Å². The summed E-state index contributed by atoms with van der Waals surface area (Å²) in [5, 5.41) is 7.20. The molecule has 0 amide bonds. The van der Waals surface area contributed by atoms with Crippen molar-refractivity contribution in [2.45, 2.75) is 38.3 Å². The van der Waals surface area contributed by atoms with Crippen molar-refractivity contribution in [1.29, 1.82) is 0 Å². The molecule has 0 saturated heterocycles. The number of nitrogens with one attached hydrogen (secondary N) is 2. The van der Waals surface area contributed by atoms with Crippen molar-refractivity contribution in [3.05, 3.63) is 12.2 Å².